The maximum atomic E-state index is 4.14. The molecule has 4 heteroatoms. The molecule has 1 aromatic heterocycles. The van der Waals surface area contributed by atoms with Crippen LogP contribution in [-0.2, 0) is 13.5 Å². The average molecular weight is 224 g/mol. The van der Waals surface area contributed by atoms with Crippen LogP contribution in [0.3, 0.4) is 0 Å². The minimum absolute atomic E-state index is 0.288. The summed E-state index contributed by atoms with van der Waals surface area (Å²) in [5.41, 5.74) is 1.37. The van der Waals surface area contributed by atoms with E-state index in [9.17, 15) is 0 Å². The van der Waals surface area contributed by atoms with Crippen molar-refractivity contribution in [2.45, 2.75) is 40.0 Å². The molecule has 1 heterocycles. The minimum Gasteiger partial charge on any atom is -0.317 e. The van der Waals surface area contributed by atoms with E-state index in [-0.39, 0.29) is 5.41 Å². The first-order valence-electron chi connectivity index (χ1n) is 6.09. The summed E-state index contributed by atoms with van der Waals surface area (Å²) in [6, 6.07) is 0. The lowest BCUT2D eigenvalue weighted by Gasteiger charge is -2.23. The largest absolute Gasteiger partial charge is 0.317 e. The lowest BCUT2D eigenvalue weighted by molar-refractivity contribution is 0.322. The molecule has 0 radical (unpaired) electrons. The zero-order chi connectivity index (χ0) is 12.0. The predicted molar refractivity (Wildman–Crippen MR) is 66.3 cm³/mol. The van der Waals surface area contributed by atoms with Gasteiger partial charge in [-0.05, 0) is 37.8 Å². The smallest absolute Gasteiger partial charge is 0.0832 e. The zero-order valence-corrected chi connectivity index (χ0v) is 11.0. The summed E-state index contributed by atoms with van der Waals surface area (Å²) in [6.45, 7) is 8.96. The number of hydrogen-bond donors (Lipinski definition) is 1. The Morgan fingerprint density at radius 3 is 2.69 bits per heavy atom. The van der Waals surface area contributed by atoms with Gasteiger partial charge in [0.25, 0.3) is 0 Å². The van der Waals surface area contributed by atoms with E-state index in [0.29, 0.717) is 0 Å². The first kappa shape index (κ1) is 13.2. The molecule has 0 amide bonds. The second kappa shape index (κ2) is 5.99. The third-order valence-corrected chi connectivity index (χ3v) is 2.72. The van der Waals surface area contributed by atoms with Gasteiger partial charge in [-0.15, -0.1) is 5.10 Å². The molecule has 0 unspecified atom stereocenters. The van der Waals surface area contributed by atoms with Gasteiger partial charge in [-0.2, -0.15) is 0 Å². The van der Waals surface area contributed by atoms with E-state index in [0.717, 1.165) is 25.2 Å². The Hall–Kier alpha value is -0.900. The highest BCUT2D eigenvalue weighted by atomic mass is 15.4. The fraction of sp³-hybridized carbons (Fsp3) is 0.833. The van der Waals surface area contributed by atoms with Crippen molar-refractivity contribution in [2.24, 2.45) is 12.5 Å². The molecule has 0 aliphatic carbocycles. The van der Waals surface area contributed by atoms with Crippen LogP contribution in [0.15, 0.2) is 6.20 Å². The third-order valence-electron chi connectivity index (χ3n) is 2.72. The second-order valence-electron chi connectivity index (χ2n) is 5.22. The summed E-state index contributed by atoms with van der Waals surface area (Å²) >= 11 is 0. The molecule has 0 aliphatic rings. The second-order valence-corrected chi connectivity index (χ2v) is 5.22. The summed E-state index contributed by atoms with van der Waals surface area (Å²) in [7, 11) is 1.91. The van der Waals surface area contributed by atoms with Gasteiger partial charge < -0.3 is 5.32 Å². The van der Waals surface area contributed by atoms with Gasteiger partial charge in [-0.25, -0.2) is 0 Å². The van der Waals surface area contributed by atoms with Crippen LogP contribution in [0, 0.1) is 5.41 Å². The standard InChI is InChI=1S/C12H24N4/c1-5-7-13-8-6-12(2,3)9-11-10-16(4)15-14-11/h10,13H,5-9H2,1-4H3. The summed E-state index contributed by atoms with van der Waals surface area (Å²) in [4.78, 5) is 0. The fourth-order valence-electron chi connectivity index (χ4n) is 1.78. The predicted octanol–water partition coefficient (Wildman–Crippen LogP) is 1.77. The van der Waals surface area contributed by atoms with Crippen molar-refractivity contribution in [3.63, 3.8) is 0 Å². The molecule has 0 saturated carbocycles. The van der Waals surface area contributed by atoms with Crippen molar-refractivity contribution in [1.82, 2.24) is 20.3 Å². The minimum atomic E-state index is 0.288. The molecule has 4 nitrogen and oxygen atoms in total. The zero-order valence-electron chi connectivity index (χ0n) is 11.0. The summed E-state index contributed by atoms with van der Waals surface area (Å²) in [5.74, 6) is 0. The number of rotatable bonds is 7. The van der Waals surface area contributed by atoms with Crippen molar-refractivity contribution in [3.8, 4) is 0 Å². The van der Waals surface area contributed by atoms with Crippen molar-refractivity contribution < 1.29 is 0 Å². The normalized spacial score (nSPS) is 12.0. The molecule has 0 aromatic carbocycles. The Kier molecular flexibility index (Phi) is 4.93. The van der Waals surface area contributed by atoms with E-state index in [1.54, 1.807) is 4.68 Å². The first-order valence-corrected chi connectivity index (χ1v) is 6.09. The number of aromatic nitrogens is 3. The van der Waals surface area contributed by atoms with E-state index in [2.05, 4.69) is 36.4 Å². The number of aryl methyl sites for hydroxylation is 1. The summed E-state index contributed by atoms with van der Waals surface area (Å²) in [5, 5.41) is 11.5. The first-order chi connectivity index (χ1) is 7.53. The van der Waals surface area contributed by atoms with Crippen LogP contribution in [0.5, 0.6) is 0 Å². The van der Waals surface area contributed by atoms with Gasteiger partial charge in [0.15, 0.2) is 0 Å². The van der Waals surface area contributed by atoms with Crippen molar-refractivity contribution in [3.05, 3.63) is 11.9 Å². The molecule has 0 aliphatic heterocycles. The highest BCUT2D eigenvalue weighted by Gasteiger charge is 2.19. The van der Waals surface area contributed by atoms with Gasteiger partial charge >= 0.3 is 0 Å². The molecule has 1 rings (SSSR count). The Labute approximate surface area is 98.4 Å². The Bertz CT molecular complexity index is 304. The molecular weight excluding hydrogens is 200 g/mol. The Morgan fingerprint density at radius 1 is 1.38 bits per heavy atom. The summed E-state index contributed by atoms with van der Waals surface area (Å²) < 4.78 is 1.76. The van der Waals surface area contributed by atoms with Crippen LogP contribution in [-0.4, -0.2) is 28.1 Å². The molecule has 0 spiro atoms. The van der Waals surface area contributed by atoms with Crippen LogP contribution < -0.4 is 5.32 Å². The third kappa shape index (κ3) is 4.75. The maximum Gasteiger partial charge on any atom is 0.0832 e. The molecular formula is C12H24N4. The molecule has 1 aromatic rings. The monoisotopic (exact) mass is 224 g/mol. The van der Waals surface area contributed by atoms with Crippen LogP contribution in [0.4, 0.5) is 0 Å². The van der Waals surface area contributed by atoms with E-state index in [4.69, 9.17) is 0 Å². The van der Waals surface area contributed by atoms with Crippen LogP contribution >= 0.6 is 0 Å². The van der Waals surface area contributed by atoms with Gasteiger partial charge in [-0.3, -0.25) is 4.68 Å². The molecule has 92 valence electrons. The highest BCUT2D eigenvalue weighted by molar-refractivity contribution is 4.96. The fourth-order valence-corrected chi connectivity index (χ4v) is 1.78. The molecule has 1 N–H and O–H groups in total. The Balaban J connectivity index is 2.33. The van der Waals surface area contributed by atoms with Crippen LogP contribution in [0.1, 0.15) is 39.3 Å². The quantitative estimate of drug-likeness (QED) is 0.718. The number of nitrogens with zero attached hydrogens (tertiary/aromatic N) is 3. The molecule has 0 fully saturated rings. The van der Waals surface area contributed by atoms with E-state index in [1.807, 2.05) is 13.2 Å². The van der Waals surface area contributed by atoms with Crippen molar-refractivity contribution in [1.29, 1.82) is 0 Å². The van der Waals surface area contributed by atoms with Gasteiger partial charge in [0, 0.05) is 13.2 Å². The van der Waals surface area contributed by atoms with E-state index in [1.165, 1.54) is 12.8 Å². The lowest BCUT2D eigenvalue weighted by Crippen LogP contribution is -2.24. The lowest BCUT2D eigenvalue weighted by atomic mass is 9.84. The maximum absolute atomic E-state index is 4.14. The molecule has 16 heavy (non-hydrogen) atoms. The summed E-state index contributed by atoms with van der Waals surface area (Å²) in [6.07, 6.45) is 5.37. The highest BCUT2D eigenvalue weighted by Crippen LogP contribution is 2.24. The van der Waals surface area contributed by atoms with E-state index < -0.39 is 0 Å². The van der Waals surface area contributed by atoms with Crippen molar-refractivity contribution >= 4 is 0 Å². The van der Waals surface area contributed by atoms with Gasteiger partial charge in [-0.1, -0.05) is 26.0 Å². The average Bonchev–Trinajstić information content (AvgIpc) is 2.58. The van der Waals surface area contributed by atoms with E-state index >= 15 is 0 Å². The topological polar surface area (TPSA) is 42.7 Å². The molecule has 0 atom stereocenters. The van der Waals surface area contributed by atoms with Gasteiger partial charge in [0.2, 0.25) is 0 Å². The SMILES string of the molecule is CCCNCCC(C)(C)Cc1cn(C)nn1. The van der Waals surface area contributed by atoms with Crippen LogP contribution in [0.2, 0.25) is 0 Å². The molecule has 0 saturated heterocycles. The van der Waals surface area contributed by atoms with Crippen molar-refractivity contribution in [2.75, 3.05) is 13.1 Å². The van der Waals surface area contributed by atoms with Gasteiger partial charge in [0.1, 0.15) is 0 Å². The number of hydrogen-bond acceptors (Lipinski definition) is 3. The number of nitrogens with one attached hydrogen (secondary N) is 1. The van der Waals surface area contributed by atoms with Gasteiger partial charge in [0.05, 0.1) is 5.69 Å². The molecule has 0 bridgehead atoms. The Morgan fingerprint density at radius 2 is 2.12 bits per heavy atom. The van der Waals surface area contributed by atoms with Crippen LogP contribution in [0.25, 0.3) is 0 Å².